The number of aryl methyl sites for hydroxylation is 3. The summed E-state index contributed by atoms with van der Waals surface area (Å²) in [6.45, 7) is 5.48. The molecule has 0 atom stereocenters. The van der Waals surface area contributed by atoms with Crippen LogP contribution < -0.4 is 4.83 Å². The number of hydrogen-bond acceptors (Lipinski definition) is 5. The molecule has 20 heavy (non-hydrogen) atoms. The molecular weight excluding hydrogens is 294 g/mol. The van der Waals surface area contributed by atoms with Gasteiger partial charge in [0.25, 0.3) is 10.0 Å². The number of aromatic nitrogens is 1. The van der Waals surface area contributed by atoms with Gasteiger partial charge in [0.2, 0.25) is 0 Å². The average molecular weight is 309 g/mol. The predicted molar refractivity (Wildman–Crippen MR) is 80.7 cm³/mol. The van der Waals surface area contributed by atoms with Crippen molar-refractivity contribution in [1.82, 2.24) is 9.82 Å². The molecule has 0 bridgehead atoms. The van der Waals surface area contributed by atoms with Gasteiger partial charge in [-0.2, -0.15) is 18.4 Å². The van der Waals surface area contributed by atoms with E-state index in [-0.39, 0.29) is 4.90 Å². The van der Waals surface area contributed by atoms with Crippen LogP contribution in [0.2, 0.25) is 0 Å². The first-order valence-electron chi connectivity index (χ1n) is 5.93. The lowest BCUT2D eigenvalue weighted by Crippen LogP contribution is -2.19. The first kappa shape index (κ1) is 14.7. The van der Waals surface area contributed by atoms with Crippen molar-refractivity contribution in [3.8, 4) is 0 Å². The number of nitrogens with zero attached hydrogens (tertiary/aromatic N) is 2. The van der Waals surface area contributed by atoms with Gasteiger partial charge in [-0.05, 0) is 38.0 Å². The number of sulfonamides is 1. The number of thiazole rings is 1. The molecule has 0 aliphatic heterocycles. The SMILES string of the molecule is Cc1ccc(C)c(S(=O)(=O)N/N=C\c2csc(C)n2)c1. The van der Waals surface area contributed by atoms with Crippen LogP contribution in [0.25, 0.3) is 0 Å². The van der Waals surface area contributed by atoms with E-state index in [1.165, 1.54) is 17.6 Å². The van der Waals surface area contributed by atoms with Gasteiger partial charge in [0.1, 0.15) is 0 Å². The predicted octanol–water partition coefficient (Wildman–Crippen LogP) is 2.38. The van der Waals surface area contributed by atoms with Crippen LogP contribution in [0.15, 0.2) is 33.6 Å². The summed E-state index contributed by atoms with van der Waals surface area (Å²) in [6.07, 6.45) is 1.40. The van der Waals surface area contributed by atoms with Crippen LogP contribution in [0, 0.1) is 20.8 Å². The molecule has 1 N–H and O–H groups in total. The van der Waals surface area contributed by atoms with E-state index in [1.54, 1.807) is 19.1 Å². The van der Waals surface area contributed by atoms with E-state index >= 15 is 0 Å². The highest BCUT2D eigenvalue weighted by molar-refractivity contribution is 7.89. The summed E-state index contributed by atoms with van der Waals surface area (Å²) in [7, 11) is -3.65. The molecule has 0 saturated heterocycles. The van der Waals surface area contributed by atoms with Gasteiger partial charge in [-0.3, -0.25) is 0 Å². The minimum atomic E-state index is -3.65. The molecule has 0 saturated carbocycles. The Morgan fingerprint density at radius 2 is 2.05 bits per heavy atom. The van der Waals surface area contributed by atoms with Gasteiger partial charge in [0.15, 0.2) is 0 Å². The molecule has 0 fully saturated rings. The van der Waals surface area contributed by atoms with E-state index < -0.39 is 10.0 Å². The van der Waals surface area contributed by atoms with E-state index in [2.05, 4.69) is 14.9 Å². The number of hydrogen-bond donors (Lipinski definition) is 1. The zero-order valence-electron chi connectivity index (χ0n) is 11.4. The monoisotopic (exact) mass is 309 g/mol. The van der Waals surface area contributed by atoms with Crippen molar-refractivity contribution < 1.29 is 8.42 Å². The summed E-state index contributed by atoms with van der Waals surface area (Å²) in [4.78, 5) is 6.62. The highest BCUT2D eigenvalue weighted by Gasteiger charge is 2.15. The normalized spacial score (nSPS) is 11.9. The Labute approximate surface area is 122 Å². The van der Waals surface area contributed by atoms with Crippen molar-refractivity contribution in [2.45, 2.75) is 25.7 Å². The first-order valence-corrected chi connectivity index (χ1v) is 8.29. The molecule has 1 heterocycles. The van der Waals surface area contributed by atoms with E-state index in [0.29, 0.717) is 11.3 Å². The maximum atomic E-state index is 12.2. The second-order valence-electron chi connectivity index (χ2n) is 4.41. The Kier molecular flexibility index (Phi) is 4.20. The Balaban J connectivity index is 2.19. The minimum Gasteiger partial charge on any atom is -0.240 e. The van der Waals surface area contributed by atoms with Crippen LogP contribution in [0.4, 0.5) is 0 Å². The smallest absolute Gasteiger partial charge is 0.240 e. The van der Waals surface area contributed by atoms with Crippen LogP contribution in [-0.2, 0) is 10.0 Å². The Morgan fingerprint density at radius 1 is 1.30 bits per heavy atom. The summed E-state index contributed by atoms with van der Waals surface area (Å²) in [5.74, 6) is 0. The van der Waals surface area contributed by atoms with Gasteiger partial charge >= 0.3 is 0 Å². The number of rotatable bonds is 4. The van der Waals surface area contributed by atoms with Crippen molar-refractivity contribution in [2.24, 2.45) is 5.10 Å². The number of hydrazone groups is 1. The third-order valence-electron chi connectivity index (χ3n) is 2.64. The van der Waals surface area contributed by atoms with Gasteiger partial charge in [-0.1, -0.05) is 12.1 Å². The largest absolute Gasteiger partial charge is 0.276 e. The minimum absolute atomic E-state index is 0.240. The molecular formula is C13H15N3O2S2. The summed E-state index contributed by atoms with van der Waals surface area (Å²) >= 11 is 1.48. The molecule has 0 aliphatic carbocycles. The average Bonchev–Trinajstić information content (AvgIpc) is 2.78. The Bertz CT molecular complexity index is 749. The molecule has 0 amide bonds. The third kappa shape index (κ3) is 3.43. The molecule has 2 aromatic rings. The highest BCUT2D eigenvalue weighted by atomic mass is 32.2. The fraction of sp³-hybridized carbons (Fsp3) is 0.231. The molecule has 5 nitrogen and oxygen atoms in total. The van der Waals surface area contributed by atoms with Gasteiger partial charge in [0, 0.05) is 5.38 Å². The fourth-order valence-electron chi connectivity index (χ4n) is 1.65. The second-order valence-corrected chi connectivity index (χ2v) is 7.10. The summed E-state index contributed by atoms with van der Waals surface area (Å²) in [5, 5.41) is 6.47. The summed E-state index contributed by atoms with van der Waals surface area (Å²) < 4.78 is 24.3. The zero-order valence-corrected chi connectivity index (χ0v) is 13.0. The molecule has 7 heteroatoms. The molecule has 106 valence electrons. The molecule has 1 aromatic carbocycles. The molecule has 0 spiro atoms. The van der Waals surface area contributed by atoms with Crippen molar-refractivity contribution in [1.29, 1.82) is 0 Å². The standard InChI is InChI=1S/C13H15N3O2S2/c1-9-4-5-10(2)13(6-9)20(17,18)16-14-7-12-8-19-11(3)15-12/h4-8,16H,1-3H3/b14-7-. The molecule has 1 aromatic heterocycles. The van der Waals surface area contributed by atoms with Crippen LogP contribution in [0.1, 0.15) is 21.8 Å². The van der Waals surface area contributed by atoms with E-state index in [1.807, 2.05) is 25.3 Å². The van der Waals surface area contributed by atoms with E-state index in [4.69, 9.17) is 0 Å². The van der Waals surface area contributed by atoms with Crippen molar-refractivity contribution >= 4 is 27.6 Å². The summed E-state index contributed by atoms with van der Waals surface area (Å²) in [6, 6.07) is 5.27. The van der Waals surface area contributed by atoms with Gasteiger partial charge in [-0.25, -0.2) is 4.98 Å². The highest BCUT2D eigenvalue weighted by Crippen LogP contribution is 2.16. The molecule has 0 radical (unpaired) electrons. The molecule has 2 rings (SSSR count). The quantitative estimate of drug-likeness (QED) is 0.696. The lowest BCUT2D eigenvalue weighted by atomic mass is 10.2. The Morgan fingerprint density at radius 3 is 2.70 bits per heavy atom. The topological polar surface area (TPSA) is 71.4 Å². The summed E-state index contributed by atoms with van der Waals surface area (Å²) in [5.41, 5.74) is 2.20. The van der Waals surface area contributed by atoms with Crippen LogP contribution in [-0.4, -0.2) is 19.6 Å². The van der Waals surface area contributed by atoms with Crippen LogP contribution >= 0.6 is 11.3 Å². The van der Waals surface area contributed by atoms with Crippen molar-refractivity contribution in [3.05, 3.63) is 45.4 Å². The van der Waals surface area contributed by atoms with E-state index in [0.717, 1.165) is 10.6 Å². The van der Waals surface area contributed by atoms with Gasteiger partial charge in [-0.15, -0.1) is 11.3 Å². The van der Waals surface area contributed by atoms with Crippen LogP contribution in [0.3, 0.4) is 0 Å². The second kappa shape index (κ2) is 5.72. The number of benzene rings is 1. The first-order chi connectivity index (χ1) is 9.38. The van der Waals surface area contributed by atoms with Gasteiger partial charge in [0.05, 0.1) is 21.8 Å². The lowest BCUT2D eigenvalue weighted by Gasteiger charge is -2.07. The van der Waals surface area contributed by atoms with E-state index in [9.17, 15) is 8.42 Å². The van der Waals surface area contributed by atoms with Crippen molar-refractivity contribution in [2.75, 3.05) is 0 Å². The maximum Gasteiger partial charge on any atom is 0.276 e. The van der Waals surface area contributed by atoms with Gasteiger partial charge < -0.3 is 0 Å². The number of nitrogens with one attached hydrogen (secondary N) is 1. The van der Waals surface area contributed by atoms with Crippen molar-refractivity contribution in [3.63, 3.8) is 0 Å². The maximum absolute atomic E-state index is 12.2. The lowest BCUT2D eigenvalue weighted by molar-refractivity contribution is 0.584. The molecule has 0 aliphatic rings. The Hall–Kier alpha value is -1.73. The third-order valence-corrected chi connectivity index (χ3v) is 4.80. The zero-order chi connectivity index (χ0) is 14.8. The van der Waals surface area contributed by atoms with Crippen LogP contribution in [0.5, 0.6) is 0 Å². The molecule has 0 unspecified atom stereocenters. The fourth-order valence-corrected chi connectivity index (χ4v) is 3.33.